The average molecular weight is 308 g/mol. The summed E-state index contributed by atoms with van der Waals surface area (Å²) in [5.74, 6) is -0.560. The highest BCUT2D eigenvalue weighted by molar-refractivity contribution is 9.10. The lowest BCUT2D eigenvalue weighted by Crippen LogP contribution is -2.38. The summed E-state index contributed by atoms with van der Waals surface area (Å²) in [6, 6.07) is 8.24. The van der Waals surface area contributed by atoms with E-state index in [9.17, 15) is 9.59 Å². The zero-order valence-corrected chi connectivity index (χ0v) is 11.0. The van der Waals surface area contributed by atoms with Crippen LogP contribution in [0.15, 0.2) is 28.7 Å². The fourth-order valence-corrected chi connectivity index (χ4v) is 2.09. The first-order valence-electron chi connectivity index (χ1n) is 5.36. The summed E-state index contributed by atoms with van der Waals surface area (Å²) in [7, 11) is 0. The number of imide groups is 1. The van der Waals surface area contributed by atoms with Crippen molar-refractivity contribution in [3.63, 3.8) is 0 Å². The molecule has 0 spiro atoms. The number of amides is 2. The Labute approximate surface area is 113 Å². The van der Waals surface area contributed by atoms with Crippen LogP contribution in [0.4, 0.5) is 5.69 Å². The summed E-state index contributed by atoms with van der Waals surface area (Å²) >= 11 is 3.29. The summed E-state index contributed by atoms with van der Waals surface area (Å²) in [4.78, 5) is 25.0. The van der Waals surface area contributed by atoms with Crippen molar-refractivity contribution in [2.75, 3.05) is 11.4 Å². The van der Waals surface area contributed by atoms with Gasteiger partial charge in [0, 0.05) is 4.47 Å². The molecule has 1 aliphatic heterocycles. The molecule has 18 heavy (non-hydrogen) atoms. The number of carbonyl (C=O) groups excluding carboxylic acids is 2. The van der Waals surface area contributed by atoms with Gasteiger partial charge in [-0.05, 0) is 24.3 Å². The van der Waals surface area contributed by atoms with Gasteiger partial charge in [0.1, 0.15) is 0 Å². The minimum Gasteiger partial charge on any atom is -0.293 e. The second-order valence-corrected chi connectivity index (χ2v) is 4.76. The lowest BCUT2D eigenvalue weighted by molar-refractivity contribution is -0.121. The number of rotatable bonds is 3. The number of nitrogens with one attached hydrogen (secondary N) is 1. The standard InChI is InChI=1S/C12H10BrN3O2/c13-8-1-3-9(4-2-8)16-11(17)7-10(12(16)18)15-6-5-14/h1-4,10,15H,6-7H2. The fourth-order valence-electron chi connectivity index (χ4n) is 1.82. The highest BCUT2D eigenvalue weighted by atomic mass is 79.9. The van der Waals surface area contributed by atoms with Crippen molar-refractivity contribution >= 4 is 33.4 Å². The molecular weight excluding hydrogens is 298 g/mol. The number of hydrogen-bond acceptors (Lipinski definition) is 4. The van der Waals surface area contributed by atoms with Crippen LogP contribution >= 0.6 is 15.9 Å². The molecule has 0 aliphatic carbocycles. The molecule has 92 valence electrons. The Balaban J connectivity index is 2.19. The largest absolute Gasteiger partial charge is 0.293 e. The Bertz CT molecular complexity index is 521. The third-order valence-corrected chi connectivity index (χ3v) is 3.19. The second-order valence-electron chi connectivity index (χ2n) is 3.84. The molecule has 1 aromatic carbocycles. The Morgan fingerprint density at radius 2 is 2.06 bits per heavy atom. The van der Waals surface area contributed by atoms with E-state index in [2.05, 4.69) is 21.2 Å². The minimum absolute atomic E-state index is 0.0534. The second kappa shape index (κ2) is 5.29. The van der Waals surface area contributed by atoms with Crippen molar-refractivity contribution in [2.24, 2.45) is 0 Å². The van der Waals surface area contributed by atoms with E-state index in [1.54, 1.807) is 24.3 Å². The maximum absolute atomic E-state index is 12.0. The zero-order valence-electron chi connectivity index (χ0n) is 9.39. The molecule has 2 amide bonds. The molecule has 0 saturated carbocycles. The lowest BCUT2D eigenvalue weighted by atomic mass is 10.2. The first kappa shape index (κ1) is 12.7. The summed E-state index contributed by atoms with van der Waals surface area (Å²) in [5, 5.41) is 11.2. The van der Waals surface area contributed by atoms with Gasteiger partial charge in [-0.25, -0.2) is 4.90 Å². The quantitative estimate of drug-likeness (QED) is 0.672. The van der Waals surface area contributed by atoms with Gasteiger partial charge in [-0.1, -0.05) is 15.9 Å². The van der Waals surface area contributed by atoms with Crippen molar-refractivity contribution < 1.29 is 9.59 Å². The van der Waals surface area contributed by atoms with Crippen molar-refractivity contribution in [1.82, 2.24) is 5.32 Å². The highest BCUT2D eigenvalue weighted by Crippen LogP contribution is 2.24. The van der Waals surface area contributed by atoms with Gasteiger partial charge < -0.3 is 0 Å². The van der Waals surface area contributed by atoms with Gasteiger partial charge >= 0.3 is 0 Å². The molecule has 0 aromatic heterocycles. The van der Waals surface area contributed by atoms with Crippen LogP contribution in [0.2, 0.25) is 0 Å². The van der Waals surface area contributed by atoms with Crippen LogP contribution in [-0.2, 0) is 9.59 Å². The zero-order chi connectivity index (χ0) is 13.1. The third kappa shape index (κ3) is 2.42. The number of nitriles is 1. The highest BCUT2D eigenvalue weighted by Gasteiger charge is 2.39. The Kier molecular flexibility index (Phi) is 3.75. The van der Waals surface area contributed by atoms with Gasteiger partial charge in [0.25, 0.3) is 5.91 Å². The smallest absolute Gasteiger partial charge is 0.251 e. The van der Waals surface area contributed by atoms with Crippen molar-refractivity contribution in [1.29, 1.82) is 5.26 Å². The number of carbonyl (C=O) groups is 2. The van der Waals surface area contributed by atoms with E-state index in [-0.39, 0.29) is 24.8 Å². The monoisotopic (exact) mass is 307 g/mol. The molecule has 5 nitrogen and oxygen atoms in total. The van der Waals surface area contributed by atoms with Gasteiger partial charge in [0.2, 0.25) is 5.91 Å². The van der Waals surface area contributed by atoms with E-state index in [0.717, 1.165) is 9.37 Å². The predicted octanol–water partition coefficient (Wildman–Crippen LogP) is 1.19. The van der Waals surface area contributed by atoms with E-state index in [1.807, 2.05) is 6.07 Å². The summed E-state index contributed by atoms with van der Waals surface area (Å²) in [6.45, 7) is 0.0534. The van der Waals surface area contributed by atoms with Gasteiger partial charge in [0.15, 0.2) is 0 Å². The Hall–Kier alpha value is -1.71. The van der Waals surface area contributed by atoms with E-state index < -0.39 is 6.04 Å². The normalized spacial score (nSPS) is 19.1. The van der Waals surface area contributed by atoms with Gasteiger partial charge in [-0.2, -0.15) is 5.26 Å². The third-order valence-electron chi connectivity index (χ3n) is 2.66. The van der Waals surface area contributed by atoms with Crippen LogP contribution in [0.3, 0.4) is 0 Å². The molecule has 6 heteroatoms. The SMILES string of the molecule is N#CCNC1CC(=O)N(c2ccc(Br)cc2)C1=O. The summed E-state index contributed by atoms with van der Waals surface area (Å²) in [6.07, 6.45) is 0.0938. The topological polar surface area (TPSA) is 73.2 Å². The Morgan fingerprint density at radius 3 is 2.67 bits per heavy atom. The number of halogens is 1. The maximum Gasteiger partial charge on any atom is 0.251 e. The molecule has 1 N–H and O–H groups in total. The first-order valence-corrected chi connectivity index (χ1v) is 6.15. The van der Waals surface area contributed by atoms with Gasteiger partial charge in [0.05, 0.1) is 30.8 Å². The van der Waals surface area contributed by atoms with E-state index in [4.69, 9.17) is 5.26 Å². The lowest BCUT2D eigenvalue weighted by Gasteiger charge is -2.14. The van der Waals surface area contributed by atoms with Gasteiger partial charge in [-0.15, -0.1) is 0 Å². The molecule has 1 aromatic rings. The first-order chi connectivity index (χ1) is 8.63. The van der Waals surface area contributed by atoms with Gasteiger partial charge in [-0.3, -0.25) is 14.9 Å². The van der Waals surface area contributed by atoms with Crippen molar-refractivity contribution in [3.05, 3.63) is 28.7 Å². The molecule has 1 aliphatic rings. The molecule has 1 fully saturated rings. The van der Waals surface area contributed by atoms with Crippen LogP contribution in [0, 0.1) is 11.3 Å². The fraction of sp³-hybridized carbons (Fsp3) is 0.250. The molecule has 1 heterocycles. The molecule has 1 atom stereocenters. The van der Waals surface area contributed by atoms with Crippen LogP contribution in [0.1, 0.15) is 6.42 Å². The van der Waals surface area contributed by atoms with Crippen molar-refractivity contribution in [3.8, 4) is 6.07 Å². The number of hydrogen-bond donors (Lipinski definition) is 1. The van der Waals surface area contributed by atoms with Crippen LogP contribution in [0.25, 0.3) is 0 Å². The average Bonchev–Trinajstić information content (AvgIpc) is 2.63. The molecule has 2 rings (SSSR count). The Morgan fingerprint density at radius 1 is 1.39 bits per heavy atom. The number of anilines is 1. The summed E-state index contributed by atoms with van der Waals surface area (Å²) < 4.78 is 0.879. The predicted molar refractivity (Wildman–Crippen MR) is 68.7 cm³/mol. The molecule has 0 radical (unpaired) electrons. The van der Waals surface area contributed by atoms with Crippen LogP contribution in [0.5, 0.6) is 0 Å². The van der Waals surface area contributed by atoms with Crippen molar-refractivity contribution in [2.45, 2.75) is 12.5 Å². The van der Waals surface area contributed by atoms with E-state index in [1.165, 1.54) is 0 Å². The molecule has 0 bridgehead atoms. The van der Waals surface area contributed by atoms with E-state index >= 15 is 0 Å². The molecule has 1 saturated heterocycles. The number of nitrogens with zero attached hydrogens (tertiary/aromatic N) is 2. The number of benzene rings is 1. The molecular formula is C12H10BrN3O2. The molecule has 1 unspecified atom stereocenters. The van der Waals surface area contributed by atoms with E-state index in [0.29, 0.717) is 5.69 Å². The minimum atomic E-state index is -0.596. The summed E-state index contributed by atoms with van der Waals surface area (Å²) in [5.41, 5.74) is 0.550. The van der Waals surface area contributed by atoms with Crippen LogP contribution < -0.4 is 10.2 Å². The maximum atomic E-state index is 12.0. The van der Waals surface area contributed by atoms with Crippen LogP contribution in [-0.4, -0.2) is 24.4 Å².